The van der Waals surface area contributed by atoms with Crippen LogP contribution in [-0.4, -0.2) is 11.5 Å². The predicted molar refractivity (Wildman–Crippen MR) is 80.7 cm³/mol. The summed E-state index contributed by atoms with van der Waals surface area (Å²) in [6, 6.07) is 10.6. The maximum Gasteiger partial charge on any atom is 0.304 e. The van der Waals surface area contributed by atoms with E-state index >= 15 is 0 Å². The molecule has 1 aromatic heterocycles. The zero-order valence-corrected chi connectivity index (χ0v) is 12.2. The van der Waals surface area contributed by atoms with Crippen molar-refractivity contribution in [2.24, 2.45) is 5.92 Å². The summed E-state index contributed by atoms with van der Waals surface area (Å²) >= 11 is 1.21. The normalized spacial score (nSPS) is 12.8. The van der Waals surface area contributed by atoms with Crippen molar-refractivity contribution < 1.29 is 0 Å². The Morgan fingerprint density at radius 3 is 2.58 bits per heavy atom. The topological polar surface area (TPSA) is 44.9 Å². The summed E-state index contributed by atoms with van der Waals surface area (Å²) in [4.78, 5) is 13.9. The molecular weight excluding hydrogens is 256 g/mol. The Hall–Kier alpha value is -1.39. The molecule has 0 aliphatic carbocycles. The summed E-state index contributed by atoms with van der Waals surface area (Å²) in [7, 11) is 0. The van der Waals surface area contributed by atoms with Crippen LogP contribution in [0.2, 0.25) is 0 Å². The van der Waals surface area contributed by atoms with Crippen LogP contribution >= 0.6 is 11.3 Å². The van der Waals surface area contributed by atoms with Crippen LogP contribution in [-0.2, 0) is 6.54 Å². The molecule has 0 saturated heterocycles. The van der Waals surface area contributed by atoms with Gasteiger partial charge in [-0.2, -0.15) is 0 Å². The molecule has 1 atom stereocenters. The van der Waals surface area contributed by atoms with Gasteiger partial charge < -0.3 is 10.3 Å². The number of benzene rings is 1. The number of hydrogen-bond donors (Lipinski definition) is 2. The van der Waals surface area contributed by atoms with E-state index in [4.69, 9.17) is 0 Å². The van der Waals surface area contributed by atoms with E-state index in [1.165, 1.54) is 16.9 Å². The third-order valence-corrected chi connectivity index (χ3v) is 4.00. The second-order valence-corrected chi connectivity index (χ2v) is 5.91. The highest BCUT2D eigenvalue weighted by Crippen LogP contribution is 2.23. The van der Waals surface area contributed by atoms with Crippen molar-refractivity contribution in [3.63, 3.8) is 0 Å². The van der Waals surface area contributed by atoms with Gasteiger partial charge >= 0.3 is 4.87 Å². The molecule has 2 aromatic rings. The molecule has 19 heavy (non-hydrogen) atoms. The summed E-state index contributed by atoms with van der Waals surface area (Å²) in [5, 5.41) is 5.31. The molecule has 3 nitrogen and oxygen atoms in total. The highest BCUT2D eigenvalue weighted by Gasteiger charge is 2.14. The molecular formula is C15H20N2OS. The Balaban J connectivity index is 1.93. The first-order chi connectivity index (χ1) is 9.16. The molecule has 0 fully saturated rings. The largest absolute Gasteiger partial charge is 0.315 e. The van der Waals surface area contributed by atoms with Crippen molar-refractivity contribution in [1.82, 2.24) is 10.3 Å². The maximum atomic E-state index is 11.1. The van der Waals surface area contributed by atoms with E-state index < -0.39 is 0 Å². The molecule has 1 heterocycles. The van der Waals surface area contributed by atoms with E-state index in [1.54, 1.807) is 0 Å². The number of thiazole rings is 1. The minimum absolute atomic E-state index is 0.0141. The van der Waals surface area contributed by atoms with Crippen molar-refractivity contribution in [3.05, 3.63) is 56.6 Å². The minimum atomic E-state index is 0.0141. The van der Waals surface area contributed by atoms with Crippen LogP contribution in [0, 0.1) is 5.92 Å². The molecule has 4 heteroatoms. The van der Waals surface area contributed by atoms with Gasteiger partial charge in [0, 0.05) is 24.2 Å². The van der Waals surface area contributed by atoms with E-state index in [1.807, 2.05) is 11.4 Å². The first-order valence-electron chi connectivity index (χ1n) is 6.59. The lowest BCUT2D eigenvalue weighted by atomic mass is 9.88. The predicted octanol–water partition coefficient (Wildman–Crippen LogP) is 2.97. The average molecular weight is 276 g/mol. The SMILES string of the molecule is CC(C)C(CNCc1csc(=O)[nH]1)c1ccccc1. The first-order valence-corrected chi connectivity index (χ1v) is 7.47. The highest BCUT2D eigenvalue weighted by molar-refractivity contribution is 7.07. The molecule has 102 valence electrons. The number of nitrogens with one attached hydrogen (secondary N) is 2. The van der Waals surface area contributed by atoms with Gasteiger partial charge in [0.2, 0.25) is 0 Å². The Bertz CT molecular complexity index is 545. The van der Waals surface area contributed by atoms with E-state index in [9.17, 15) is 4.79 Å². The molecule has 0 radical (unpaired) electrons. The maximum absolute atomic E-state index is 11.1. The molecule has 1 aromatic carbocycles. The molecule has 0 saturated carbocycles. The Morgan fingerprint density at radius 1 is 1.26 bits per heavy atom. The zero-order chi connectivity index (χ0) is 13.7. The first kappa shape index (κ1) is 14.0. The van der Waals surface area contributed by atoms with Crippen LogP contribution in [0.1, 0.15) is 31.0 Å². The molecule has 2 N–H and O–H groups in total. The standard InChI is InChI=1S/C15H20N2OS/c1-11(2)14(12-6-4-3-5-7-12)9-16-8-13-10-19-15(18)17-13/h3-7,10-11,14,16H,8-9H2,1-2H3,(H,17,18). The Morgan fingerprint density at radius 2 is 2.00 bits per heavy atom. The van der Waals surface area contributed by atoms with Crippen LogP contribution in [0.3, 0.4) is 0 Å². The zero-order valence-electron chi connectivity index (χ0n) is 11.3. The third-order valence-electron chi connectivity index (χ3n) is 3.28. The molecule has 0 spiro atoms. The van der Waals surface area contributed by atoms with E-state index in [0.29, 0.717) is 11.8 Å². The van der Waals surface area contributed by atoms with Gasteiger partial charge in [-0.05, 0) is 17.4 Å². The van der Waals surface area contributed by atoms with Crippen molar-refractivity contribution in [2.45, 2.75) is 26.3 Å². The second-order valence-electron chi connectivity index (χ2n) is 5.07. The molecule has 0 aliphatic heterocycles. The molecule has 0 amide bonds. The monoisotopic (exact) mass is 276 g/mol. The molecule has 1 unspecified atom stereocenters. The second kappa shape index (κ2) is 6.68. The Labute approximate surface area is 117 Å². The molecule has 2 rings (SSSR count). The van der Waals surface area contributed by atoms with Gasteiger partial charge in [0.1, 0.15) is 0 Å². The number of H-pyrrole nitrogens is 1. The number of hydrogen-bond acceptors (Lipinski definition) is 3. The summed E-state index contributed by atoms with van der Waals surface area (Å²) < 4.78 is 0. The van der Waals surface area contributed by atoms with Gasteiger partial charge in [-0.1, -0.05) is 55.5 Å². The lowest BCUT2D eigenvalue weighted by Crippen LogP contribution is -2.24. The van der Waals surface area contributed by atoms with Gasteiger partial charge in [-0.15, -0.1) is 0 Å². The van der Waals surface area contributed by atoms with Crippen molar-refractivity contribution in [3.8, 4) is 0 Å². The molecule has 0 aliphatic rings. The van der Waals surface area contributed by atoms with Crippen molar-refractivity contribution >= 4 is 11.3 Å². The van der Waals surface area contributed by atoms with Crippen LogP contribution in [0.5, 0.6) is 0 Å². The summed E-state index contributed by atoms with van der Waals surface area (Å²) in [6.07, 6.45) is 0. The van der Waals surface area contributed by atoms with E-state index in [-0.39, 0.29) is 4.87 Å². The van der Waals surface area contributed by atoms with Gasteiger partial charge in [0.25, 0.3) is 0 Å². The highest BCUT2D eigenvalue weighted by atomic mass is 32.1. The smallest absolute Gasteiger partial charge is 0.304 e. The number of aromatic nitrogens is 1. The van der Waals surface area contributed by atoms with Crippen LogP contribution < -0.4 is 10.2 Å². The van der Waals surface area contributed by atoms with Gasteiger partial charge in [0.05, 0.1) is 0 Å². The van der Waals surface area contributed by atoms with E-state index in [0.717, 1.165) is 18.8 Å². The van der Waals surface area contributed by atoms with Gasteiger partial charge in [-0.3, -0.25) is 4.79 Å². The lowest BCUT2D eigenvalue weighted by molar-refractivity contribution is 0.460. The van der Waals surface area contributed by atoms with Crippen LogP contribution in [0.25, 0.3) is 0 Å². The molecule has 0 bridgehead atoms. The third kappa shape index (κ3) is 4.04. The van der Waals surface area contributed by atoms with Gasteiger partial charge in [-0.25, -0.2) is 0 Å². The lowest BCUT2D eigenvalue weighted by Gasteiger charge is -2.21. The van der Waals surface area contributed by atoms with Crippen LogP contribution in [0.4, 0.5) is 0 Å². The fourth-order valence-corrected chi connectivity index (χ4v) is 2.78. The quantitative estimate of drug-likeness (QED) is 0.852. The minimum Gasteiger partial charge on any atom is -0.315 e. The fraction of sp³-hybridized carbons (Fsp3) is 0.400. The average Bonchev–Trinajstić information content (AvgIpc) is 2.81. The van der Waals surface area contributed by atoms with Gasteiger partial charge in [0.15, 0.2) is 0 Å². The Kier molecular flexibility index (Phi) is 4.93. The number of aromatic amines is 1. The van der Waals surface area contributed by atoms with Crippen LogP contribution in [0.15, 0.2) is 40.5 Å². The summed E-state index contributed by atoms with van der Waals surface area (Å²) in [6.45, 7) is 6.12. The van der Waals surface area contributed by atoms with Crippen molar-refractivity contribution in [1.29, 1.82) is 0 Å². The summed E-state index contributed by atoms with van der Waals surface area (Å²) in [5.74, 6) is 1.07. The fourth-order valence-electron chi connectivity index (χ4n) is 2.20. The summed E-state index contributed by atoms with van der Waals surface area (Å²) in [5.41, 5.74) is 2.33. The van der Waals surface area contributed by atoms with Crippen molar-refractivity contribution in [2.75, 3.05) is 6.54 Å². The number of rotatable bonds is 6. The van der Waals surface area contributed by atoms with E-state index in [2.05, 4.69) is 48.4 Å².